The number of benzene rings is 7. The van der Waals surface area contributed by atoms with Gasteiger partial charge in [0.15, 0.2) is 34.7 Å². The zero-order valence-corrected chi connectivity index (χ0v) is 73.3. The van der Waals surface area contributed by atoms with Crippen LogP contribution >= 0.6 is 11.6 Å². The van der Waals surface area contributed by atoms with Crippen LogP contribution in [0.3, 0.4) is 0 Å². The summed E-state index contributed by atoms with van der Waals surface area (Å²) in [5.41, 5.74) is 45.6. The number of furan rings is 3. The number of nitrogens with one attached hydrogen (secondary N) is 1. The van der Waals surface area contributed by atoms with E-state index in [-0.39, 0.29) is 106 Å². The van der Waals surface area contributed by atoms with E-state index in [1.165, 1.54) is 83.2 Å². The van der Waals surface area contributed by atoms with Crippen LogP contribution in [0, 0.1) is 161 Å². The van der Waals surface area contributed by atoms with Crippen molar-refractivity contribution in [1.82, 2.24) is 50.0 Å². The number of nitro groups is 7. The van der Waals surface area contributed by atoms with Gasteiger partial charge in [-0.1, -0.05) is 51.1 Å². The standard InChI is InChI=1S/C17H14N6O3.C15H13N5O4.C11H10N6O2.C8H8ClNO2.C8H8N4O2.C8H7NO4.C8H9NO3.C5H6O.C3H2N2.CH5N3/c1-10-7-11(4-5-13(10)23(24)25)9-22-17-16(20-21-22)12(8-15(18)19-17)14-3-2-6-26-14;1-9-7-10(4-5-11(9)20(22)23)8-19-15(16)13(17-18-19)14(21)12-3-2-6-24-12;1-7-4-8(2-3-10(7)17(18)19)6-16-11(13)9(5-12)14-15-16;1-6-4-7(5-9)2-3-8(6)10(11)12;1-6-4-7(5-10-11-9)2-3-8(6)12(13)14;1-5-4-6(8(10)11)2-3-7(5)9(12)13;1-6-4-7(5-10)2-3-8(6)9(11)12;1-5-3-2-4-6-5;1-5-3-2-4;2-1(3)4/h2-8H,9H2,1H3,(H2,18,19);2-7H,8,16H2,1H3;2-4H,6,13H2,1H3;2-4H,5H2,1H3;2-4H,5H2,1H3;2-4H,1H3,(H,10,11);2-4,10H,5H2,1H3;2-4H,1H3;3H2;(H5,2,3,4). The van der Waals surface area contributed by atoms with Gasteiger partial charge in [-0.25, -0.2) is 30.4 Å². The molecule has 696 valence electrons. The van der Waals surface area contributed by atoms with Crippen molar-refractivity contribution in [2.45, 2.75) is 94.1 Å². The molecule has 0 unspecified atom stereocenters. The van der Waals surface area contributed by atoms with E-state index >= 15 is 0 Å². The Balaban J connectivity index is 0.000000276. The van der Waals surface area contributed by atoms with Crippen LogP contribution in [-0.4, -0.2) is 119 Å². The summed E-state index contributed by atoms with van der Waals surface area (Å²) >= 11 is 5.56. The van der Waals surface area contributed by atoms with Gasteiger partial charge >= 0.3 is 5.97 Å². The number of nitrogens with zero attached hydrogens (tertiary/aromatic N) is 23. The number of aromatic carboxylic acids is 1. The molecule has 7 aromatic heterocycles. The minimum absolute atomic E-state index is 0.00332. The maximum absolute atomic E-state index is 12.2. The average Bonchev–Trinajstić information content (AvgIpc) is 1.63. The number of rotatable bonds is 21. The molecule has 0 aliphatic carbocycles. The van der Waals surface area contributed by atoms with Crippen molar-refractivity contribution in [2.75, 3.05) is 23.7 Å². The fourth-order valence-electron chi connectivity index (χ4n) is 11.5. The summed E-state index contributed by atoms with van der Waals surface area (Å²) in [7, 11) is 0. The van der Waals surface area contributed by atoms with Crippen molar-refractivity contribution in [1.29, 1.82) is 15.9 Å². The van der Waals surface area contributed by atoms with Crippen molar-refractivity contribution in [3.8, 4) is 23.5 Å². The number of aromatic nitrogens is 10. The van der Waals surface area contributed by atoms with Gasteiger partial charge < -0.3 is 57.0 Å². The minimum Gasteiger partial charge on any atom is -0.478 e. The van der Waals surface area contributed by atoms with E-state index in [9.17, 15) is 80.4 Å². The molecule has 7 aromatic carbocycles. The predicted octanol–water partition coefficient (Wildman–Crippen LogP) is 15.1. The summed E-state index contributed by atoms with van der Waals surface area (Å²) in [5, 5.41) is 141. The average molecular weight is 1870 g/mol. The van der Waals surface area contributed by atoms with Crippen LogP contribution in [0.1, 0.15) is 110 Å². The number of carboxylic acid groups (broad SMARTS) is 1. The number of carbonyl (C=O) groups is 2. The molecular weight excluding hydrogens is 1790 g/mol. The molecule has 0 bridgehead atoms. The number of nitriles is 2. The lowest BCUT2D eigenvalue weighted by Gasteiger charge is -2.05. The van der Waals surface area contributed by atoms with Gasteiger partial charge in [-0.15, -0.1) is 26.9 Å². The summed E-state index contributed by atoms with van der Waals surface area (Å²) in [6.07, 6.45) is 4.62. The number of halogens is 1. The second kappa shape index (κ2) is 52.2. The molecule has 0 saturated carbocycles. The first-order chi connectivity index (χ1) is 64.0. The Labute approximate surface area is 767 Å². The number of azide groups is 1. The normalized spacial score (nSPS) is 9.83. The third kappa shape index (κ3) is 32.6. The molecule has 0 atom stereocenters. The van der Waals surface area contributed by atoms with Crippen LogP contribution in [0.15, 0.2) is 207 Å². The van der Waals surface area contributed by atoms with Gasteiger partial charge in [0.25, 0.3) is 52.1 Å². The van der Waals surface area contributed by atoms with Gasteiger partial charge in [0.2, 0.25) is 5.69 Å². The molecule has 0 aliphatic heterocycles. The van der Waals surface area contributed by atoms with Crippen molar-refractivity contribution >= 4 is 97.7 Å². The van der Waals surface area contributed by atoms with Gasteiger partial charge in [-0.05, 0) is 191 Å². The largest absolute Gasteiger partial charge is 0.478 e. The molecule has 0 amide bonds. The molecule has 14 aromatic rings. The molecule has 0 fully saturated rings. The summed E-state index contributed by atoms with van der Waals surface area (Å²) in [6.45, 7) is 20.5. The van der Waals surface area contributed by atoms with E-state index in [1.54, 1.807) is 156 Å². The van der Waals surface area contributed by atoms with Gasteiger partial charge in [0, 0.05) is 92.2 Å². The Kier molecular flexibility index (Phi) is 41.1. The fraction of sp³-hybridized carbons (Fsp3) is 0.179. The van der Waals surface area contributed by atoms with E-state index < -0.39 is 46.2 Å². The molecule has 51 heteroatoms. The molecule has 13 N–H and O–H groups in total. The van der Waals surface area contributed by atoms with E-state index in [4.69, 9.17) is 80.3 Å². The SMILES string of the molecule is Cc1cc(C(=O)O)ccc1[N+](=O)[O-].Cc1cc(CCl)ccc1[N+](=O)[O-].Cc1cc(CN=[N+]=[N-])ccc1[N+](=O)[O-].Cc1cc(CO)ccc1[N+](=O)[O-].Cc1cc(Cn2nnc(C#N)c2N)ccc1[N+](=O)[O-].Cc1cc(Cn2nnc(C(=O)c3ccco3)c2N)ccc1[N+](=O)[O-].Cc1cc(Cn2nnc3c(-c4ccco4)cc(N)nc32)ccc1[N+](=O)[O-].Cc1ccco1.N=C(N)N.[C-]#[N+]CC#N. The number of pyridine rings is 1. The number of fused-ring (bicyclic) bond motifs is 1. The third-order valence-corrected chi connectivity index (χ3v) is 18.1. The highest BCUT2D eigenvalue weighted by Crippen LogP contribution is 2.31. The van der Waals surface area contributed by atoms with Crippen LogP contribution in [0.25, 0.3) is 37.8 Å². The van der Waals surface area contributed by atoms with Crippen molar-refractivity contribution < 1.29 is 67.5 Å². The number of aliphatic hydroxyl groups is 1. The first-order valence-electron chi connectivity index (χ1n) is 38.3. The predicted molar refractivity (Wildman–Crippen MR) is 487 cm³/mol. The lowest BCUT2D eigenvalue weighted by atomic mass is 10.1. The highest BCUT2D eigenvalue weighted by Gasteiger charge is 2.24. The number of ketones is 1. The number of guanidine groups is 1. The van der Waals surface area contributed by atoms with Crippen LogP contribution in [0.5, 0.6) is 0 Å². The second-order valence-electron chi connectivity index (χ2n) is 27.5. The Morgan fingerprint density at radius 2 is 0.911 bits per heavy atom. The molecule has 135 heavy (non-hydrogen) atoms. The number of aliphatic hydroxyl groups excluding tert-OH is 1. The highest BCUT2D eigenvalue weighted by atomic mass is 35.5. The number of carbonyl (C=O) groups excluding carboxylic acids is 1. The topological polar surface area (TPSA) is 776 Å². The first kappa shape index (κ1) is 106. The summed E-state index contributed by atoms with van der Waals surface area (Å²) in [5.74, 6) is 0.843. The molecule has 0 spiro atoms. The Bertz CT molecular complexity index is 6690. The van der Waals surface area contributed by atoms with Crippen LogP contribution in [0.4, 0.5) is 57.3 Å². The van der Waals surface area contributed by atoms with E-state index in [1.807, 2.05) is 31.2 Å². The molecule has 7 heterocycles. The number of hydrogen-bond acceptors (Lipinski definition) is 34. The summed E-state index contributed by atoms with van der Waals surface area (Å²) in [6, 6.07) is 47.8. The van der Waals surface area contributed by atoms with Gasteiger partial charge in [-0.3, -0.25) is 81.0 Å². The third-order valence-electron chi connectivity index (χ3n) is 17.7. The van der Waals surface area contributed by atoms with Crippen LogP contribution in [0.2, 0.25) is 0 Å². The second-order valence-corrected chi connectivity index (χ2v) is 27.8. The number of hydrogen-bond donors (Lipinski definition) is 8. The number of nitrogen functional groups attached to an aromatic ring is 3. The van der Waals surface area contributed by atoms with Gasteiger partial charge in [0.1, 0.15) is 35.0 Å². The van der Waals surface area contributed by atoms with Crippen LogP contribution in [-0.2, 0) is 38.7 Å². The fourth-order valence-corrected chi connectivity index (χ4v) is 11.6. The zero-order chi connectivity index (χ0) is 100. The number of carboxylic acids is 1. The molecule has 14 rings (SSSR count). The summed E-state index contributed by atoms with van der Waals surface area (Å²) < 4.78 is 19.7. The van der Waals surface area contributed by atoms with E-state index in [0.717, 1.165) is 33.6 Å². The maximum atomic E-state index is 12.2. The number of aryl methyl sites for hydroxylation is 8. The highest BCUT2D eigenvalue weighted by molar-refractivity contribution is 6.17. The lowest BCUT2D eigenvalue weighted by molar-refractivity contribution is -0.385. The van der Waals surface area contributed by atoms with E-state index in [2.05, 4.69) is 62.3 Å². The van der Waals surface area contributed by atoms with Gasteiger partial charge in [0.05, 0.1) is 97.2 Å². The maximum Gasteiger partial charge on any atom is 0.335 e. The van der Waals surface area contributed by atoms with Crippen molar-refractivity contribution in [2.24, 2.45) is 16.6 Å². The smallest absolute Gasteiger partial charge is 0.335 e. The first-order valence-corrected chi connectivity index (χ1v) is 38.9. The molecular formula is C84H82ClN29O21. The number of anilines is 3. The monoisotopic (exact) mass is 1870 g/mol. The van der Waals surface area contributed by atoms with Crippen molar-refractivity contribution in [3.63, 3.8) is 0 Å². The van der Waals surface area contributed by atoms with E-state index in [0.29, 0.717) is 91.8 Å². The Hall–Kier alpha value is -19.1. The molecule has 50 nitrogen and oxygen atoms in total. The van der Waals surface area contributed by atoms with Gasteiger partial charge in [-0.2, -0.15) is 10.5 Å². The molecule has 0 saturated heterocycles. The lowest BCUT2D eigenvalue weighted by Crippen LogP contribution is -2.20. The number of alkyl halides is 1. The Morgan fingerprint density at radius 1 is 0.526 bits per heavy atom. The molecule has 0 radical (unpaired) electrons. The summed E-state index contributed by atoms with van der Waals surface area (Å²) in [4.78, 5) is 103. The number of nitro benzene ring substituents is 7. The quantitative estimate of drug-likeness (QED) is 0.00283. The Morgan fingerprint density at radius 3 is 1.27 bits per heavy atom. The van der Waals surface area contributed by atoms with Crippen molar-refractivity contribution in [3.05, 3.63) is 382 Å². The number of nitrogens with two attached hydrogens (primary N) is 5. The zero-order valence-electron chi connectivity index (χ0n) is 72.5. The molecule has 0 aliphatic rings. The minimum atomic E-state index is -1.09. The van der Waals surface area contributed by atoms with Crippen LogP contribution < -0.4 is 28.7 Å².